The maximum absolute atomic E-state index is 11.1. The molecule has 0 bridgehead atoms. The maximum Gasteiger partial charge on any atom is 0.305 e. The molecule has 7 nitrogen and oxygen atoms in total. The van der Waals surface area contributed by atoms with Crippen molar-refractivity contribution in [1.29, 1.82) is 0 Å². The van der Waals surface area contributed by atoms with Gasteiger partial charge in [-0.25, -0.2) is 9.97 Å². The van der Waals surface area contributed by atoms with Crippen LogP contribution in [0, 0.1) is 0 Å². The first-order valence-electron chi connectivity index (χ1n) is 5.13. The zero-order chi connectivity index (χ0) is 12.8. The standard InChI is InChI=1S/C10H14N4O3/c1-2-6(5-7(15)16)14-10-8(9(11)17)12-3-4-13-10/h3-4,6H,2,5H2,1H3,(H2,11,17)(H,13,14)(H,15,16). The van der Waals surface area contributed by atoms with E-state index in [1.807, 2.05) is 6.92 Å². The molecule has 7 heteroatoms. The van der Waals surface area contributed by atoms with Gasteiger partial charge < -0.3 is 16.2 Å². The molecule has 0 fully saturated rings. The lowest BCUT2D eigenvalue weighted by Gasteiger charge is -2.16. The van der Waals surface area contributed by atoms with Gasteiger partial charge in [0.25, 0.3) is 5.91 Å². The first-order valence-corrected chi connectivity index (χ1v) is 5.13. The van der Waals surface area contributed by atoms with E-state index in [1.54, 1.807) is 0 Å². The highest BCUT2D eigenvalue weighted by Crippen LogP contribution is 2.12. The van der Waals surface area contributed by atoms with Crippen LogP contribution in [0.1, 0.15) is 30.3 Å². The Labute approximate surface area is 98.1 Å². The third-order valence-electron chi connectivity index (χ3n) is 2.19. The fraction of sp³-hybridized carbons (Fsp3) is 0.400. The number of nitrogens with one attached hydrogen (secondary N) is 1. The van der Waals surface area contributed by atoms with Gasteiger partial charge in [-0.15, -0.1) is 0 Å². The molecule has 0 saturated heterocycles. The van der Waals surface area contributed by atoms with Crippen LogP contribution in [-0.2, 0) is 4.79 Å². The number of hydrogen-bond donors (Lipinski definition) is 3. The zero-order valence-electron chi connectivity index (χ0n) is 9.38. The second kappa shape index (κ2) is 5.78. The number of hydrogen-bond acceptors (Lipinski definition) is 5. The van der Waals surface area contributed by atoms with Crippen LogP contribution in [0.15, 0.2) is 12.4 Å². The van der Waals surface area contributed by atoms with E-state index in [0.717, 1.165) is 0 Å². The minimum atomic E-state index is -0.922. The molecule has 0 aliphatic rings. The van der Waals surface area contributed by atoms with Crippen LogP contribution in [0.25, 0.3) is 0 Å². The molecular formula is C10H14N4O3. The van der Waals surface area contributed by atoms with Crippen LogP contribution < -0.4 is 11.1 Å². The third kappa shape index (κ3) is 3.71. The highest BCUT2D eigenvalue weighted by atomic mass is 16.4. The molecule has 0 saturated carbocycles. The lowest BCUT2D eigenvalue weighted by Crippen LogP contribution is -2.25. The van der Waals surface area contributed by atoms with Crippen molar-refractivity contribution < 1.29 is 14.7 Å². The Hall–Kier alpha value is -2.18. The number of carbonyl (C=O) groups excluding carboxylic acids is 1. The normalized spacial score (nSPS) is 11.8. The molecule has 1 atom stereocenters. The summed E-state index contributed by atoms with van der Waals surface area (Å²) in [5.74, 6) is -1.41. The number of aliphatic carboxylic acids is 1. The SMILES string of the molecule is CCC(CC(=O)O)Nc1nccnc1C(N)=O. The topological polar surface area (TPSA) is 118 Å². The van der Waals surface area contributed by atoms with Gasteiger partial charge in [0.2, 0.25) is 0 Å². The summed E-state index contributed by atoms with van der Waals surface area (Å²) >= 11 is 0. The largest absolute Gasteiger partial charge is 0.481 e. The number of amides is 1. The van der Waals surface area contributed by atoms with Gasteiger partial charge in [0.15, 0.2) is 11.5 Å². The smallest absolute Gasteiger partial charge is 0.305 e. The average molecular weight is 238 g/mol. The molecule has 1 unspecified atom stereocenters. The van der Waals surface area contributed by atoms with E-state index in [-0.39, 0.29) is 24.0 Å². The second-order valence-electron chi connectivity index (χ2n) is 3.47. The number of carboxylic acids is 1. The number of nitrogens with two attached hydrogens (primary N) is 1. The zero-order valence-corrected chi connectivity index (χ0v) is 9.38. The molecule has 92 valence electrons. The van der Waals surface area contributed by atoms with Crippen LogP contribution >= 0.6 is 0 Å². The van der Waals surface area contributed by atoms with Crippen molar-refractivity contribution in [2.75, 3.05) is 5.32 Å². The molecule has 1 heterocycles. The van der Waals surface area contributed by atoms with Gasteiger partial charge in [-0.05, 0) is 6.42 Å². The summed E-state index contributed by atoms with van der Waals surface area (Å²) in [5, 5.41) is 11.6. The maximum atomic E-state index is 11.1. The van der Waals surface area contributed by atoms with Gasteiger partial charge in [0.1, 0.15) is 0 Å². The Morgan fingerprint density at radius 1 is 1.47 bits per heavy atom. The molecule has 4 N–H and O–H groups in total. The molecule has 0 spiro atoms. The van der Waals surface area contributed by atoms with Crippen molar-refractivity contribution in [3.05, 3.63) is 18.1 Å². The predicted molar refractivity (Wildman–Crippen MR) is 60.5 cm³/mol. The van der Waals surface area contributed by atoms with Gasteiger partial charge in [-0.3, -0.25) is 9.59 Å². The molecule has 1 aromatic heterocycles. The van der Waals surface area contributed by atoms with E-state index in [0.29, 0.717) is 6.42 Å². The summed E-state index contributed by atoms with van der Waals surface area (Å²) < 4.78 is 0. The Balaban J connectivity index is 2.85. The fourth-order valence-corrected chi connectivity index (χ4v) is 1.33. The molecule has 1 rings (SSSR count). The number of primary amides is 1. The van der Waals surface area contributed by atoms with Gasteiger partial charge in [0.05, 0.1) is 6.42 Å². The van der Waals surface area contributed by atoms with Crippen LogP contribution in [0.4, 0.5) is 5.82 Å². The minimum Gasteiger partial charge on any atom is -0.481 e. The summed E-state index contributed by atoms with van der Waals surface area (Å²) in [4.78, 5) is 29.4. The Morgan fingerprint density at radius 2 is 2.12 bits per heavy atom. The highest BCUT2D eigenvalue weighted by Gasteiger charge is 2.16. The Morgan fingerprint density at radius 3 is 2.65 bits per heavy atom. The second-order valence-corrected chi connectivity index (χ2v) is 3.47. The van der Waals surface area contributed by atoms with Crippen LogP contribution in [-0.4, -0.2) is 33.0 Å². The number of carbonyl (C=O) groups is 2. The highest BCUT2D eigenvalue weighted by molar-refractivity contribution is 5.95. The first-order chi connectivity index (χ1) is 8.04. The quantitative estimate of drug-likeness (QED) is 0.653. The Kier molecular flexibility index (Phi) is 4.38. The monoisotopic (exact) mass is 238 g/mol. The van der Waals surface area contributed by atoms with E-state index in [1.165, 1.54) is 12.4 Å². The molecule has 1 amide bonds. The molecule has 0 radical (unpaired) electrons. The van der Waals surface area contributed by atoms with E-state index in [9.17, 15) is 9.59 Å². The molecule has 0 aliphatic heterocycles. The van der Waals surface area contributed by atoms with Gasteiger partial charge >= 0.3 is 5.97 Å². The van der Waals surface area contributed by atoms with Crippen LogP contribution in [0.3, 0.4) is 0 Å². The van der Waals surface area contributed by atoms with Gasteiger partial charge in [-0.1, -0.05) is 6.92 Å². The number of anilines is 1. The van der Waals surface area contributed by atoms with Crippen molar-refractivity contribution >= 4 is 17.7 Å². The van der Waals surface area contributed by atoms with Crippen molar-refractivity contribution in [3.8, 4) is 0 Å². The predicted octanol–water partition coefficient (Wildman–Crippen LogP) is 0.241. The van der Waals surface area contributed by atoms with E-state index in [2.05, 4.69) is 15.3 Å². The summed E-state index contributed by atoms with van der Waals surface area (Å²) in [7, 11) is 0. The van der Waals surface area contributed by atoms with Gasteiger partial charge in [0, 0.05) is 18.4 Å². The van der Waals surface area contributed by atoms with Crippen molar-refractivity contribution in [3.63, 3.8) is 0 Å². The molecule has 1 aromatic rings. The number of carboxylic acid groups (broad SMARTS) is 1. The average Bonchev–Trinajstić information content (AvgIpc) is 2.28. The minimum absolute atomic E-state index is 0.0105. The fourth-order valence-electron chi connectivity index (χ4n) is 1.33. The van der Waals surface area contributed by atoms with E-state index < -0.39 is 11.9 Å². The summed E-state index contributed by atoms with van der Waals surface area (Å²) in [6, 6.07) is -0.317. The van der Waals surface area contributed by atoms with Crippen molar-refractivity contribution in [2.24, 2.45) is 5.73 Å². The van der Waals surface area contributed by atoms with Crippen LogP contribution in [0.5, 0.6) is 0 Å². The molecule has 17 heavy (non-hydrogen) atoms. The number of aromatic nitrogens is 2. The third-order valence-corrected chi connectivity index (χ3v) is 2.19. The molecule has 0 aliphatic carbocycles. The lowest BCUT2D eigenvalue weighted by atomic mass is 10.1. The Bertz CT molecular complexity index is 422. The summed E-state index contributed by atoms with van der Waals surface area (Å²) in [5.41, 5.74) is 5.15. The van der Waals surface area contributed by atoms with Crippen molar-refractivity contribution in [1.82, 2.24) is 9.97 Å². The molecule has 0 aromatic carbocycles. The number of rotatable bonds is 6. The lowest BCUT2D eigenvalue weighted by molar-refractivity contribution is -0.137. The summed E-state index contributed by atoms with van der Waals surface area (Å²) in [6.45, 7) is 1.83. The van der Waals surface area contributed by atoms with Crippen molar-refractivity contribution in [2.45, 2.75) is 25.8 Å². The van der Waals surface area contributed by atoms with E-state index >= 15 is 0 Å². The number of nitrogens with zero attached hydrogens (tertiary/aromatic N) is 2. The van der Waals surface area contributed by atoms with E-state index in [4.69, 9.17) is 10.8 Å². The summed E-state index contributed by atoms with van der Waals surface area (Å²) in [6.07, 6.45) is 3.28. The van der Waals surface area contributed by atoms with Crippen LogP contribution in [0.2, 0.25) is 0 Å². The molecular weight excluding hydrogens is 224 g/mol. The van der Waals surface area contributed by atoms with Gasteiger partial charge in [-0.2, -0.15) is 0 Å². The first kappa shape index (κ1) is 12.9.